The fourth-order valence-electron chi connectivity index (χ4n) is 4.41. The van der Waals surface area contributed by atoms with Crippen LogP contribution in [-0.2, 0) is 22.5 Å². The highest BCUT2D eigenvalue weighted by atomic mass is 16.6. The van der Waals surface area contributed by atoms with E-state index >= 15 is 0 Å². The van der Waals surface area contributed by atoms with Crippen LogP contribution < -0.4 is 10.2 Å². The summed E-state index contributed by atoms with van der Waals surface area (Å²) in [5, 5.41) is 8.93. The number of hydrogen-bond acceptors (Lipinski definition) is 5. The van der Waals surface area contributed by atoms with Crippen molar-refractivity contribution in [1.29, 1.82) is 0 Å². The Morgan fingerprint density at radius 1 is 1.15 bits per heavy atom. The van der Waals surface area contributed by atoms with Crippen LogP contribution in [0.25, 0.3) is 0 Å². The molecule has 0 amide bonds. The number of hydrogen-bond donors (Lipinski definition) is 2. The molecular weight excluding hydrogens is 428 g/mol. The Balaban J connectivity index is 1.35. The Morgan fingerprint density at radius 3 is 2.82 bits per heavy atom. The van der Waals surface area contributed by atoms with E-state index in [2.05, 4.69) is 40.8 Å². The molecule has 0 saturated carbocycles. The third kappa shape index (κ3) is 6.53. The molecular formula is C28H30N2O4. The van der Waals surface area contributed by atoms with Crippen LogP contribution in [-0.4, -0.2) is 29.3 Å². The summed E-state index contributed by atoms with van der Waals surface area (Å²) in [6, 6.07) is 20.2. The van der Waals surface area contributed by atoms with Gasteiger partial charge in [0.15, 0.2) is 6.61 Å². The predicted octanol–water partition coefficient (Wildman–Crippen LogP) is 5.03. The van der Waals surface area contributed by atoms with Gasteiger partial charge in [-0.05, 0) is 60.1 Å². The highest BCUT2D eigenvalue weighted by Gasteiger charge is 2.21. The minimum Gasteiger partial charge on any atom is -0.482 e. The summed E-state index contributed by atoms with van der Waals surface area (Å²) in [7, 11) is 0. The van der Waals surface area contributed by atoms with Crippen LogP contribution in [0.4, 0.5) is 0 Å². The number of nitrogens with one attached hydrogen (secondary N) is 1. The molecule has 2 N–H and O–H groups in total. The van der Waals surface area contributed by atoms with Gasteiger partial charge in [-0.2, -0.15) is 5.48 Å². The van der Waals surface area contributed by atoms with Gasteiger partial charge < -0.3 is 9.84 Å². The number of nitrogens with zero attached hydrogens (tertiary/aromatic N) is 1. The van der Waals surface area contributed by atoms with Gasteiger partial charge >= 0.3 is 5.97 Å². The highest BCUT2D eigenvalue weighted by Crippen LogP contribution is 2.37. The number of pyridine rings is 1. The molecule has 1 aliphatic rings. The molecule has 4 rings (SSSR count). The molecule has 2 atom stereocenters. The molecule has 6 heteroatoms. The Bertz CT molecular complexity index is 1090. The van der Waals surface area contributed by atoms with Crippen molar-refractivity contribution in [3.05, 3.63) is 107 Å². The van der Waals surface area contributed by atoms with Gasteiger partial charge in [0.25, 0.3) is 0 Å². The molecule has 0 spiro atoms. The lowest BCUT2D eigenvalue weighted by Gasteiger charge is -2.25. The lowest BCUT2D eigenvalue weighted by molar-refractivity contribution is -0.139. The van der Waals surface area contributed by atoms with E-state index in [1.165, 1.54) is 5.56 Å². The summed E-state index contributed by atoms with van der Waals surface area (Å²) in [4.78, 5) is 21.0. The van der Waals surface area contributed by atoms with Crippen molar-refractivity contribution in [2.24, 2.45) is 0 Å². The summed E-state index contributed by atoms with van der Waals surface area (Å²) >= 11 is 0. The van der Waals surface area contributed by atoms with Crippen molar-refractivity contribution in [2.75, 3.05) is 13.2 Å². The maximum atomic E-state index is 10.9. The Kier molecular flexibility index (Phi) is 8.43. The van der Waals surface area contributed by atoms with E-state index in [0.717, 1.165) is 42.4 Å². The summed E-state index contributed by atoms with van der Waals surface area (Å²) in [6.45, 7) is 0.121. The molecule has 1 heterocycles. The number of rotatable bonds is 11. The summed E-state index contributed by atoms with van der Waals surface area (Å²) < 4.78 is 5.51. The summed E-state index contributed by atoms with van der Waals surface area (Å²) in [5.74, 6) is -0.0232. The van der Waals surface area contributed by atoms with Gasteiger partial charge in [-0.15, -0.1) is 0 Å². The topological polar surface area (TPSA) is 80.7 Å². The number of carboxylic acids is 1. The largest absolute Gasteiger partial charge is 0.482 e. The highest BCUT2D eigenvalue weighted by molar-refractivity contribution is 5.68. The van der Waals surface area contributed by atoms with E-state index in [9.17, 15) is 4.79 Å². The van der Waals surface area contributed by atoms with Gasteiger partial charge in [0.2, 0.25) is 0 Å². The molecule has 2 unspecified atom stereocenters. The molecule has 0 aliphatic heterocycles. The molecule has 0 radical (unpaired) electrons. The van der Waals surface area contributed by atoms with Crippen LogP contribution in [0.1, 0.15) is 47.1 Å². The van der Waals surface area contributed by atoms with Crippen molar-refractivity contribution in [2.45, 2.75) is 37.6 Å². The zero-order valence-corrected chi connectivity index (χ0v) is 19.1. The number of benzene rings is 2. The molecule has 176 valence electrons. The fourth-order valence-corrected chi connectivity index (χ4v) is 4.41. The normalized spacial score (nSPS) is 16.2. The van der Waals surface area contributed by atoms with E-state index in [-0.39, 0.29) is 18.6 Å². The fraction of sp³-hybridized carbons (Fsp3) is 0.286. The second-order valence-corrected chi connectivity index (χ2v) is 8.39. The van der Waals surface area contributed by atoms with Gasteiger partial charge in [0.1, 0.15) is 5.75 Å². The van der Waals surface area contributed by atoms with E-state index < -0.39 is 5.97 Å². The van der Waals surface area contributed by atoms with E-state index in [4.69, 9.17) is 14.7 Å². The van der Waals surface area contributed by atoms with Crippen LogP contribution in [0.5, 0.6) is 5.75 Å². The lowest BCUT2D eigenvalue weighted by Crippen LogP contribution is -2.24. The van der Waals surface area contributed by atoms with Crippen molar-refractivity contribution in [3.8, 4) is 5.75 Å². The number of hydroxylamine groups is 1. The molecule has 0 fully saturated rings. The number of fused-ring (bicyclic) bond motifs is 1. The van der Waals surface area contributed by atoms with Crippen molar-refractivity contribution < 1.29 is 19.5 Å². The average Bonchev–Trinajstić information content (AvgIpc) is 2.87. The number of allylic oxidation sites excluding steroid dienone is 1. The SMILES string of the molecule is O=C(O)COc1cccc2c1CCCC2C=CCONC(Cc1cccnc1)c1ccccc1. The average molecular weight is 459 g/mol. The lowest BCUT2D eigenvalue weighted by atomic mass is 9.82. The first-order chi connectivity index (χ1) is 16.7. The maximum absolute atomic E-state index is 10.9. The van der Waals surface area contributed by atoms with Crippen LogP contribution in [0.15, 0.2) is 85.2 Å². The zero-order chi connectivity index (χ0) is 23.6. The molecule has 1 aliphatic carbocycles. The maximum Gasteiger partial charge on any atom is 0.341 e. The first kappa shape index (κ1) is 23.7. The van der Waals surface area contributed by atoms with Gasteiger partial charge in [-0.25, -0.2) is 4.79 Å². The standard InChI is InChI=1S/C28H30N2O4/c31-28(32)20-33-27-15-5-13-24-22(11-4-14-25(24)27)12-7-17-34-30-26(23-9-2-1-3-10-23)18-21-8-6-16-29-19-21/h1-3,5-10,12-13,15-16,19,22,26,30H,4,11,14,17-18,20H2,(H,31,32). The monoisotopic (exact) mass is 458 g/mol. The summed E-state index contributed by atoms with van der Waals surface area (Å²) in [6.07, 6.45) is 11.6. The van der Waals surface area contributed by atoms with Crippen LogP contribution >= 0.6 is 0 Å². The van der Waals surface area contributed by atoms with Gasteiger partial charge in [-0.1, -0.05) is 60.7 Å². The number of carboxylic acid groups (broad SMARTS) is 1. The van der Waals surface area contributed by atoms with E-state index in [1.54, 1.807) is 6.20 Å². The summed E-state index contributed by atoms with van der Waals surface area (Å²) in [5.41, 5.74) is 7.84. The number of ether oxygens (including phenoxy) is 1. The molecule has 0 bridgehead atoms. The first-order valence-corrected chi connectivity index (χ1v) is 11.6. The smallest absolute Gasteiger partial charge is 0.341 e. The Hall–Kier alpha value is -3.48. The number of carbonyl (C=O) groups is 1. The second-order valence-electron chi connectivity index (χ2n) is 8.39. The Morgan fingerprint density at radius 2 is 2.03 bits per heavy atom. The minimum atomic E-state index is -0.966. The Labute approximate surface area is 200 Å². The third-order valence-electron chi connectivity index (χ3n) is 6.00. The van der Waals surface area contributed by atoms with E-state index in [1.807, 2.05) is 48.7 Å². The minimum absolute atomic E-state index is 0.0168. The molecule has 0 saturated heterocycles. The molecule has 1 aromatic heterocycles. The molecule has 2 aromatic carbocycles. The van der Waals surface area contributed by atoms with Gasteiger partial charge in [-0.3, -0.25) is 9.82 Å². The molecule has 3 aromatic rings. The van der Waals surface area contributed by atoms with Gasteiger partial charge in [0.05, 0.1) is 12.6 Å². The second kappa shape index (κ2) is 12.1. The first-order valence-electron chi connectivity index (χ1n) is 11.6. The van der Waals surface area contributed by atoms with Crippen molar-refractivity contribution in [3.63, 3.8) is 0 Å². The van der Waals surface area contributed by atoms with Crippen LogP contribution in [0.2, 0.25) is 0 Å². The number of aliphatic carboxylic acids is 1. The van der Waals surface area contributed by atoms with E-state index in [0.29, 0.717) is 12.4 Å². The number of aromatic nitrogens is 1. The molecule has 6 nitrogen and oxygen atoms in total. The molecule has 34 heavy (non-hydrogen) atoms. The van der Waals surface area contributed by atoms with Crippen LogP contribution in [0, 0.1) is 0 Å². The van der Waals surface area contributed by atoms with Gasteiger partial charge in [0, 0.05) is 18.3 Å². The predicted molar refractivity (Wildman–Crippen MR) is 131 cm³/mol. The van der Waals surface area contributed by atoms with Crippen molar-refractivity contribution >= 4 is 5.97 Å². The van der Waals surface area contributed by atoms with Crippen LogP contribution in [0.3, 0.4) is 0 Å². The third-order valence-corrected chi connectivity index (χ3v) is 6.00. The zero-order valence-electron chi connectivity index (χ0n) is 19.1. The van der Waals surface area contributed by atoms with Crippen molar-refractivity contribution in [1.82, 2.24) is 10.5 Å². The quantitative estimate of drug-likeness (QED) is 0.238.